The van der Waals surface area contributed by atoms with E-state index in [1.54, 1.807) is 6.33 Å². The number of hydrogen-bond acceptors (Lipinski definition) is 4. The number of rotatable bonds is 3. The number of nitrogens with zero attached hydrogens (tertiary/aromatic N) is 3. The molecule has 2 rings (SSSR count). The van der Waals surface area contributed by atoms with Crippen LogP contribution in [0.4, 0.5) is 11.6 Å². The summed E-state index contributed by atoms with van der Waals surface area (Å²) in [5, 5.41) is 3.17. The van der Waals surface area contributed by atoms with Crippen LogP contribution in [0.5, 0.6) is 0 Å². The van der Waals surface area contributed by atoms with Gasteiger partial charge in [0, 0.05) is 25.7 Å². The Balaban J connectivity index is 2.39. The van der Waals surface area contributed by atoms with Crippen molar-refractivity contribution in [1.29, 1.82) is 0 Å². The third-order valence-corrected chi connectivity index (χ3v) is 3.40. The van der Waals surface area contributed by atoms with E-state index < -0.39 is 0 Å². The fourth-order valence-corrected chi connectivity index (χ4v) is 2.50. The highest BCUT2D eigenvalue weighted by atomic mass is 15.2. The zero-order valence-electron chi connectivity index (χ0n) is 11.2. The zero-order valence-corrected chi connectivity index (χ0v) is 11.2. The van der Waals surface area contributed by atoms with Gasteiger partial charge in [-0.3, -0.25) is 0 Å². The number of aromatic nitrogens is 2. The lowest BCUT2D eigenvalue weighted by molar-refractivity contribution is 0.658. The van der Waals surface area contributed by atoms with Crippen molar-refractivity contribution < 1.29 is 0 Å². The van der Waals surface area contributed by atoms with Gasteiger partial charge in [0.2, 0.25) is 0 Å². The van der Waals surface area contributed by atoms with E-state index in [-0.39, 0.29) is 0 Å². The van der Waals surface area contributed by atoms with E-state index in [1.807, 2.05) is 7.05 Å². The van der Waals surface area contributed by atoms with Crippen LogP contribution in [-0.2, 0) is 0 Å². The summed E-state index contributed by atoms with van der Waals surface area (Å²) in [6.45, 7) is 8.92. The molecule has 1 saturated heterocycles. The van der Waals surface area contributed by atoms with Gasteiger partial charge in [0.15, 0.2) is 0 Å². The van der Waals surface area contributed by atoms with E-state index in [0.29, 0.717) is 5.92 Å². The Labute approximate surface area is 103 Å². The first-order chi connectivity index (χ1) is 8.13. The average molecular weight is 234 g/mol. The Morgan fingerprint density at radius 3 is 2.71 bits per heavy atom. The lowest BCUT2D eigenvalue weighted by Gasteiger charge is -2.23. The SMILES string of the molecule is CNc1ncnc(N2CCC(C)C2)c1C(C)C. The Morgan fingerprint density at radius 2 is 2.18 bits per heavy atom. The van der Waals surface area contributed by atoms with Crippen molar-refractivity contribution in [3.63, 3.8) is 0 Å². The van der Waals surface area contributed by atoms with E-state index in [9.17, 15) is 0 Å². The number of nitrogens with one attached hydrogen (secondary N) is 1. The summed E-state index contributed by atoms with van der Waals surface area (Å²) in [4.78, 5) is 11.2. The highest BCUT2D eigenvalue weighted by molar-refractivity contribution is 5.60. The zero-order chi connectivity index (χ0) is 12.4. The molecule has 1 aliphatic rings. The van der Waals surface area contributed by atoms with Crippen LogP contribution in [0, 0.1) is 5.92 Å². The van der Waals surface area contributed by atoms with Gasteiger partial charge in [0.25, 0.3) is 0 Å². The second-order valence-electron chi connectivity index (χ2n) is 5.20. The molecule has 4 heteroatoms. The summed E-state index contributed by atoms with van der Waals surface area (Å²) in [7, 11) is 1.92. The highest BCUT2D eigenvalue weighted by Crippen LogP contribution is 2.33. The summed E-state index contributed by atoms with van der Waals surface area (Å²) < 4.78 is 0. The van der Waals surface area contributed by atoms with Gasteiger partial charge in [-0.1, -0.05) is 20.8 Å². The fraction of sp³-hybridized carbons (Fsp3) is 0.692. The predicted molar refractivity (Wildman–Crippen MR) is 71.7 cm³/mol. The molecular formula is C13H22N4. The molecule has 0 radical (unpaired) electrons. The molecule has 0 spiro atoms. The molecule has 1 unspecified atom stereocenters. The van der Waals surface area contributed by atoms with Crippen LogP contribution in [0.25, 0.3) is 0 Å². The van der Waals surface area contributed by atoms with Gasteiger partial charge in [-0.2, -0.15) is 0 Å². The van der Waals surface area contributed by atoms with Crippen molar-refractivity contribution in [3.8, 4) is 0 Å². The van der Waals surface area contributed by atoms with Crippen molar-refractivity contribution in [1.82, 2.24) is 9.97 Å². The van der Waals surface area contributed by atoms with Crippen LogP contribution in [0.3, 0.4) is 0 Å². The van der Waals surface area contributed by atoms with Gasteiger partial charge >= 0.3 is 0 Å². The number of hydrogen-bond donors (Lipinski definition) is 1. The summed E-state index contributed by atoms with van der Waals surface area (Å²) in [5.74, 6) is 3.28. The van der Waals surface area contributed by atoms with Gasteiger partial charge < -0.3 is 10.2 Å². The van der Waals surface area contributed by atoms with Crippen molar-refractivity contribution in [2.24, 2.45) is 5.92 Å². The molecule has 2 heterocycles. The molecule has 0 aromatic carbocycles. The second kappa shape index (κ2) is 4.90. The highest BCUT2D eigenvalue weighted by Gasteiger charge is 2.24. The first-order valence-electron chi connectivity index (χ1n) is 6.41. The van der Waals surface area contributed by atoms with Crippen LogP contribution in [-0.4, -0.2) is 30.1 Å². The van der Waals surface area contributed by atoms with Gasteiger partial charge in [0.05, 0.1) is 0 Å². The Morgan fingerprint density at radius 1 is 1.41 bits per heavy atom. The van der Waals surface area contributed by atoms with Crippen molar-refractivity contribution >= 4 is 11.6 Å². The van der Waals surface area contributed by atoms with Crippen LogP contribution >= 0.6 is 0 Å². The van der Waals surface area contributed by atoms with Crippen molar-refractivity contribution in [3.05, 3.63) is 11.9 Å². The molecule has 1 aliphatic heterocycles. The van der Waals surface area contributed by atoms with Crippen LogP contribution in [0.15, 0.2) is 6.33 Å². The summed E-state index contributed by atoms with van der Waals surface area (Å²) in [5.41, 5.74) is 1.24. The molecule has 1 N–H and O–H groups in total. The van der Waals surface area contributed by atoms with Gasteiger partial charge in [0.1, 0.15) is 18.0 Å². The van der Waals surface area contributed by atoms with E-state index in [2.05, 4.69) is 41.0 Å². The maximum Gasteiger partial charge on any atom is 0.137 e. The maximum absolute atomic E-state index is 4.50. The largest absolute Gasteiger partial charge is 0.373 e. The molecule has 1 aromatic rings. The lowest BCUT2D eigenvalue weighted by Crippen LogP contribution is -2.23. The first kappa shape index (κ1) is 12.1. The summed E-state index contributed by atoms with van der Waals surface area (Å²) in [6, 6.07) is 0. The quantitative estimate of drug-likeness (QED) is 0.872. The molecular weight excluding hydrogens is 212 g/mol. The van der Waals surface area contributed by atoms with Crippen molar-refractivity contribution in [2.45, 2.75) is 33.1 Å². The van der Waals surface area contributed by atoms with Crippen LogP contribution < -0.4 is 10.2 Å². The Hall–Kier alpha value is -1.32. The third-order valence-electron chi connectivity index (χ3n) is 3.40. The third kappa shape index (κ3) is 2.35. The standard InChI is InChI=1S/C13H22N4/c1-9(2)11-12(14-4)15-8-16-13(11)17-6-5-10(3)7-17/h8-10H,5-7H2,1-4H3,(H,14,15,16). The van der Waals surface area contributed by atoms with E-state index in [4.69, 9.17) is 0 Å². The van der Waals surface area contributed by atoms with Crippen LogP contribution in [0.2, 0.25) is 0 Å². The lowest BCUT2D eigenvalue weighted by atomic mass is 10.0. The van der Waals surface area contributed by atoms with E-state index in [0.717, 1.165) is 30.6 Å². The van der Waals surface area contributed by atoms with Gasteiger partial charge in [-0.05, 0) is 18.3 Å². The molecule has 17 heavy (non-hydrogen) atoms. The van der Waals surface area contributed by atoms with Crippen LogP contribution in [0.1, 0.15) is 38.7 Å². The molecule has 0 aliphatic carbocycles. The van der Waals surface area contributed by atoms with Gasteiger partial charge in [-0.15, -0.1) is 0 Å². The van der Waals surface area contributed by atoms with Gasteiger partial charge in [-0.25, -0.2) is 9.97 Å². The molecule has 1 fully saturated rings. The molecule has 94 valence electrons. The molecule has 1 atom stereocenters. The van der Waals surface area contributed by atoms with E-state index >= 15 is 0 Å². The molecule has 0 bridgehead atoms. The Kier molecular flexibility index (Phi) is 3.50. The maximum atomic E-state index is 4.50. The average Bonchev–Trinajstić information content (AvgIpc) is 2.74. The minimum atomic E-state index is 0.435. The predicted octanol–water partition coefficient (Wildman–Crippen LogP) is 2.49. The summed E-state index contributed by atoms with van der Waals surface area (Å²) >= 11 is 0. The normalized spacial score (nSPS) is 20.1. The molecule has 0 saturated carbocycles. The Bertz CT molecular complexity index is 389. The first-order valence-corrected chi connectivity index (χ1v) is 6.41. The molecule has 0 amide bonds. The summed E-state index contributed by atoms with van der Waals surface area (Å²) in [6.07, 6.45) is 2.92. The minimum absolute atomic E-state index is 0.435. The topological polar surface area (TPSA) is 41.1 Å². The van der Waals surface area contributed by atoms with Crippen molar-refractivity contribution in [2.75, 3.05) is 30.4 Å². The minimum Gasteiger partial charge on any atom is -0.373 e. The molecule has 1 aromatic heterocycles. The molecule has 4 nitrogen and oxygen atoms in total. The monoisotopic (exact) mass is 234 g/mol. The van der Waals surface area contributed by atoms with E-state index in [1.165, 1.54) is 12.0 Å². The number of anilines is 2. The fourth-order valence-electron chi connectivity index (χ4n) is 2.50. The second-order valence-corrected chi connectivity index (χ2v) is 5.20. The smallest absolute Gasteiger partial charge is 0.137 e.